The molecule has 2 aromatic rings. The monoisotopic (exact) mass is 422 g/mol. The molecule has 0 unspecified atom stereocenters. The zero-order valence-electron chi connectivity index (χ0n) is 16.2. The average molecular weight is 422 g/mol. The lowest BCUT2D eigenvalue weighted by Gasteiger charge is -2.15. The number of nitriles is 1. The number of nitrogens with zero attached hydrogens (tertiary/aromatic N) is 2. The molecule has 0 aliphatic carbocycles. The Morgan fingerprint density at radius 3 is 2.73 bits per heavy atom. The van der Waals surface area contributed by atoms with Crippen LogP contribution in [0, 0.1) is 11.3 Å². The summed E-state index contributed by atoms with van der Waals surface area (Å²) in [5.74, 6) is -0.680. The third-order valence-electron chi connectivity index (χ3n) is 4.15. The largest absolute Gasteiger partial charge is 0.491 e. The van der Waals surface area contributed by atoms with E-state index in [1.807, 2.05) is 0 Å². The first kappa shape index (κ1) is 21.9. The van der Waals surface area contributed by atoms with Crippen LogP contribution < -0.4 is 14.9 Å². The number of hydrogen-bond donors (Lipinski definition) is 1. The van der Waals surface area contributed by atoms with Crippen LogP contribution in [0.1, 0.15) is 30.5 Å². The summed E-state index contributed by atoms with van der Waals surface area (Å²) in [4.78, 5) is 3.94. The third-order valence-corrected chi connectivity index (χ3v) is 4.15. The SMILES string of the molecule is CC(C)OCCOc1nc(Oc2ccc3c(c2)COB3O)cc(C(F)(F)F)c1C#N. The van der Waals surface area contributed by atoms with Crippen molar-refractivity contribution in [2.24, 2.45) is 0 Å². The van der Waals surface area contributed by atoms with Gasteiger partial charge in [-0.05, 0) is 37.0 Å². The molecule has 1 aliphatic rings. The van der Waals surface area contributed by atoms with E-state index < -0.39 is 30.3 Å². The fraction of sp³-hybridized carbons (Fsp3) is 0.368. The van der Waals surface area contributed by atoms with Crippen molar-refractivity contribution in [2.75, 3.05) is 13.2 Å². The van der Waals surface area contributed by atoms with E-state index in [2.05, 4.69) is 4.98 Å². The summed E-state index contributed by atoms with van der Waals surface area (Å²) in [6.45, 7) is 3.77. The van der Waals surface area contributed by atoms with E-state index in [9.17, 15) is 23.5 Å². The molecule has 1 aliphatic heterocycles. The second-order valence-electron chi connectivity index (χ2n) is 6.69. The summed E-state index contributed by atoms with van der Waals surface area (Å²) in [6, 6.07) is 6.71. The van der Waals surface area contributed by atoms with Gasteiger partial charge in [-0.3, -0.25) is 0 Å². The Hall–Kier alpha value is -2.81. The predicted molar refractivity (Wildman–Crippen MR) is 99.4 cm³/mol. The number of hydrogen-bond acceptors (Lipinski definition) is 7. The number of benzene rings is 1. The van der Waals surface area contributed by atoms with Gasteiger partial charge in [-0.2, -0.15) is 23.4 Å². The smallest absolute Gasteiger partial charge is 0.474 e. The molecule has 0 saturated carbocycles. The summed E-state index contributed by atoms with van der Waals surface area (Å²) < 4.78 is 61.6. The Kier molecular flexibility index (Phi) is 6.50. The highest BCUT2D eigenvalue weighted by atomic mass is 19.4. The van der Waals surface area contributed by atoms with Gasteiger partial charge in [0.15, 0.2) is 0 Å². The lowest BCUT2D eigenvalue weighted by Crippen LogP contribution is -2.27. The Labute approximate surface area is 171 Å². The van der Waals surface area contributed by atoms with Crippen LogP contribution in [-0.4, -0.2) is 36.4 Å². The zero-order valence-corrected chi connectivity index (χ0v) is 16.2. The summed E-state index contributed by atoms with van der Waals surface area (Å²) in [7, 11) is -1.05. The van der Waals surface area contributed by atoms with Crippen LogP contribution in [-0.2, 0) is 22.2 Å². The summed E-state index contributed by atoms with van der Waals surface area (Å²) >= 11 is 0. The molecule has 7 nitrogen and oxygen atoms in total. The molecule has 3 rings (SSSR count). The molecule has 30 heavy (non-hydrogen) atoms. The van der Waals surface area contributed by atoms with Gasteiger partial charge in [0.1, 0.15) is 24.0 Å². The van der Waals surface area contributed by atoms with Gasteiger partial charge in [0, 0.05) is 6.07 Å². The maximum absolute atomic E-state index is 13.5. The van der Waals surface area contributed by atoms with Gasteiger partial charge < -0.3 is 23.9 Å². The van der Waals surface area contributed by atoms with Gasteiger partial charge in [0.25, 0.3) is 0 Å². The topological polar surface area (TPSA) is 93.8 Å². The minimum absolute atomic E-state index is 0.0836. The van der Waals surface area contributed by atoms with E-state index in [-0.39, 0.29) is 37.6 Å². The lowest BCUT2D eigenvalue weighted by atomic mass is 9.80. The Bertz CT molecular complexity index is 962. The molecule has 2 heterocycles. The minimum atomic E-state index is -4.81. The summed E-state index contributed by atoms with van der Waals surface area (Å²) in [5, 5.41) is 18.9. The second-order valence-corrected chi connectivity index (χ2v) is 6.69. The Morgan fingerprint density at radius 1 is 1.30 bits per heavy atom. The molecule has 0 saturated heterocycles. The predicted octanol–water partition coefficient (Wildman–Crippen LogP) is 2.79. The quantitative estimate of drug-likeness (QED) is 0.542. The molecule has 158 valence electrons. The zero-order chi connectivity index (χ0) is 21.9. The fourth-order valence-corrected chi connectivity index (χ4v) is 2.80. The van der Waals surface area contributed by atoms with Gasteiger partial charge in [-0.15, -0.1) is 0 Å². The average Bonchev–Trinajstić information content (AvgIpc) is 3.04. The Morgan fingerprint density at radius 2 is 2.07 bits per heavy atom. The summed E-state index contributed by atoms with van der Waals surface area (Å²) in [6.07, 6.45) is -4.89. The molecule has 0 amide bonds. The van der Waals surface area contributed by atoms with Crippen molar-refractivity contribution in [2.45, 2.75) is 32.7 Å². The first-order valence-electron chi connectivity index (χ1n) is 9.06. The van der Waals surface area contributed by atoms with Crippen LogP contribution in [0.2, 0.25) is 0 Å². The van der Waals surface area contributed by atoms with Crippen LogP contribution in [0.4, 0.5) is 13.2 Å². The molecular formula is C19H18BF3N2O5. The van der Waals surface area contributed by atoms with Gasteiger partial charge in [-0.25, -0.2) is 0 Å². The highest BCUT2D eigenvalue weighted by molar-refractivity contribution is 6.61. The van der Waals surface area contributed by atoms with E-state index in [0.717, 1.165) is 0 Å². The van der Waals surface area contributed by atoms with Gasteiger partial charge >= 0.3 is 13.3 Å². The van der Waals surface area contributed by atoms with Crippen LogP contribution in [0.25, 0.3) is 0 Å². The van der Waals surface area contributed by atoms with Crippen molar-refractivity contribution in [3.8, 4) is 23.6 Å². The molecule has 1 aromatic heterocycles. The third kappa shape index (κ3) is 5.02. The maximum atomic E-state index is 13.5. The van der Waals surface area contributed by atoms with Crippen LogP contribution in [0.15, 0.2) is 24.3 Å². The second kappa shape index (κ2) is 8.91. The van der Waals surface area contributed by atoms with Gasteiger partial charge in [-0.1, -0.05) is 6.07 Å². The number of rotatable bonds is 7. The van der Waals surface area contributed by atoms with Crippen molar-refractivity contribution < 1.29 is 37.1 Å². The molecule has 1 aromatic carbocycles. The van der Waals surface area contributed by atoms with E-state index >= 15 is 0 Å². The first-order chi connectivity index (χ1) is 14.2. The standard InChI is InChI=1S/C19H18BF3N2O5/c1-11(2)27-5-6-28-18-14(9-24)15(19(21,22)23)8-17(25-18)30-13-3-4-16-12(7-13)10-29-20(16)26/h3-4,7-8,11,26H,5-6,10H2,1-2H3. The van der Waals surface area contributed by atoms with E-state index in [0.29, 0.717) is 17.1 Å². The molecule has 0 fully saturated rings. The fourth-order valence-electron chi connectivity index (χ4n) is 2.80. The molecule has 0 bridgehead atoms. The van der Waals surface area contributed by atoms with Crippen molar-refractivity contribution >= 4 is 12.6 Å². The lowest BCUT2D eigenvalue weighted by molar-refractivity contribution is -0.138. The van der Waals surface area contributed by atoms with Crippen LogP contribution in [0.3, 0.4) is 0 Å². The molecule has 11 heteroatoms. The van der Waals surface area contributed by atoms with Crippen LogP contribution >= 0.6 is 0 Å². The highest BCUT2D eigenvalue weighted by Gasteiger charge is 2.37. The molecule has 0 atom stereocenters. The molecule has 0 spiro atoms. The number of pyridine rings is 1. The maximum Gasteiger partial charge on any atom is 0.491 e. The van der Waals surface area contributed by atoms with E-state index in [4.69, 9.17) is 18.9 Å². The molecular weight excluding hydrogens is 404 g/mol. The summed E-state index contributed by atoms with van der Waals surface area (Å²) in [5.41, 5.74) is -0.744. The van der Waals surface area contributed by atoms with Gasteiger partial charge in [0.2, 0.25) is 11.8 Å². The number of aromatic nitrogens is 1. The highest BCUT2D eigenvalue weighted by Crippen LogP contribution is 2.38. The van der Waals surface area contributed by atoms with Crippen molar-refractivity contribution in [1.82, 2.24) is 4.98 Å². The molecule has 1 N–H and O–H groups in total. The normalized spacial score (nSPS) is 13.3. The Balaban J connectivity index is 1.90. The minimum Gasteiger partial charge on any atom is -0.474 e. The number of ether oxygens (including phenoxy) is 3. The van der Waals surface area contributed by atoms with E-state index in [1.54, 1.807) is 19.9 Å². The number of halogens is 3. The van der Waals surface area contributed by atoms with Crippen molar-refractivity contribution in [3.63, 3.8) is 0 Å². The number of alkyl halides is 3. The van der Waals surface area contributed by atoms with Crippen LogP contribution in [0.5, 0.6) is 17.5 Å². The first-order valence-corrected chi connectivity index (χ1v) is 9.06. The van der Waals surface area contributed by atoms with Crippen molar-refractivity contribution in [1.29, 1.82) is 5.26 Å². The number of fused-ring (bicyclic) bond motifs is 1. The van der Waals surface area contributed by atoms with Crippen molar-refractivity contribution in [3.05, 3.63) is 41.0 Å². The van der Waals surface area contributed by atoms with Gasteiger partial charge in [0.05, 0.1) is 24.9 Å². The molecule has 0 radical (unpaired) electrons. The van der Waals surface area contributed by atoms with E-state index in [1.165, 1.54) is 18.2 Å².